The number of rotatable bonds is 2. The molecule has 0 bridgehead atoms. The first-order chi connectivity index (χ1) is 8.10. The maximum absolute atomic E-state index is 13.2. The van der Waals surface area contributed by atoms with Crippen molar-refractivity contribution in [3.8, 4) is 11.3 Å². The van der Waals surface area contributed by atoms with Crippen LogP contribution in [0.15, 0.2) is 30.3 Å². The normalized spacial score (nSPS) is 10.6. The highest BCUT2D eigenvalue weighted by Crippen LogP contribution is 2.26. The molecule has 0 saturated heterocycles. The Morgan fingerprint density at radius 2 is 1.76 bits per heavy atom. The second kappa shape index (κ2) is 5.00. The van der Waals surface area contributed by atoms with Gasteiger partial charge < -0.3 is 5.11 Å². The Balaban J connectivity index is 2.52. The standard InChI is InChI=1S/C12H8Cl2FNO/c13-8-3-7(4-9(14)5-8)11-2-1-10(15)12(6-17)16-11/h1-5,17H,6H2. The van der Waals surface area contributed by atoms with Gasteiger partial charge in [0.25, 0.3) is 0 Å². The molecule has 0 saturated carbocycles. The predicted molar refractivity (Wildman–Crippen MR) is 65.6 cm³/mol. The van der Waals surface area contributed by atoms with Crippen molar-refractivity contribution in [2.75, 3.05) is 0 Å². The molecule has 1 aromatic heterocycles. The van der Waals surface area contributed by atoms with Gasteiger partial charge in [0.1, 0.15) is 11.5 Å². The van der Waals surface area contributed by atoms with Crippen LogP contribution in [0.1, 0.15) is 5.69 Å². The monoisotopic (exact) mass is 271 g/mol. The Labute approximate surface area is 108 Å². The molecule has 0 aliphatic rings. The zero-order valence-corrected chi connectivity index (χ0v) is 10.1. The van der Waals surface area contributed by atoms with E-state index in [4.69, 9.17) is 28.3 Å². The first-order valence-electron chi connectivity index (χ1n) is 4.83. The number of hydrogen-bond donors (Lipinski definition) is 1. The molecule has 88 valence electrons. The number of aliphatic hydroxyl groups is 1. The van der Waals surface area contributed by atoms with Gasteiger partial charge in [-0.25, -0.2) is 9.37 Å². The molecular weight excluding hydrogens is 264 g/mol. The van der Waals surface area contributed by atoms with Crippen molar-refractivity contribution < 1.29 is 9.50 Å². The molecule has 0 atom stereocenters. The quantitative estimate of drug-likeness (QED) is 0.904. The summed E-state index contributed by atoms with van der Waals surface area (Å²) in [6.45, 7) is -0.450. The number of benzene rings is 1. The predicted octanol–water partition coefficient (Wildman–Crippen LogP) is 3.69. The van der Waals surface area contributed by atoms with Gasteiger partial charge >= 0.3 is 0 Å². The van der Waals surface area contributed by atoms with Gasteiger partial charge in [-0.3, -0.25) is 0 Å². The number of nitrogens with zero attached hydrogens (tertiary/aromatic N) is 1. The van der Waals surface area contributed by atoms with E-state index in [9.17, 15) is 4.39 Å². The average molecular weight is 272 g/mol. The van der Waals surface area contributed by atoms with Gasteiger partial charge in [-0.15, -0.1) is 0 Å². The van der Waals surface area contributed by atoms with Gasteiger partial charge in [-0.2, -0.15) is 0 Å². The van der Waals surface area contributed by atoms with Crippen LogP contribution >= 0.6 is 23.2 Å². The topological polar surface area (TPSA) is 33.1 Å². The van der Waals surface area contributed by atoms with Crippen LogP contribution in [0.25, 0.3) is 11.3 Å². The highest BCUT2D eigenvalue weighted by Gasteiger charge is 2.07. The van der Waals surface area contributed by atoms with Crippen molar-refractivity contribution in [1.82, 2.24) is 4.98 Å². The fourth-order valence-corrected chi connectivity index (χ4v) is 1.98. The minimum atomic E-state index is -0.538. The van der Waals surface area contributed by atoms with E-state index < -0.39 is 12.4 Å². The van der Waals surface area contributed by atoms with Crippen LogP contribution in [-0.2, 0) is 6.61 Å². The van der Waals surface area contributed by atoms with Crippen LogP contribution in [-0.4, -0.2) is 10.1 Å². The van der Waals surface area contributed by atoms with Crippen molar-refractivity contribution in [2.45, 2.75) is 6.61 Å². The van der Waals surface area contributed by atoms with E-state index in [-0.39, 0.29) is 5.69 Å². The lowest BCUT2D eigenvalue weighted by Gasteiger charge is -2.05. The van der Waals surface area contributed by atoms with Crippen LogP contribution in [0.3, 0.4) is 0 Å². The molecule has 0 amide bonds. The summed E-state index contributed by atoms with van der Waals surface area (Å²) in [5, 5.41) is 9.90. The smallest absolute Gasteiger partial charge is 0.147 e. The highest BCUT2D eigenvalue weighted by atomic mass is 35.5. The molecule has 0 unspecified atom stereocenters. The Hall–Kier alpha value is -1.16. The Morgan fingerprint density at radius 3 is 2.35 bits per heavy atom. The zero-order chi connectivity index (χ0) is 12.4. The van der Waals surface area contributed by atoms with Crippen LogP contribution in [0.4, 0.5) is 4.39 Å². The molecule has 5 heteroatoms. The van der Waals surface area contributed by atoms with Gasteiger partial charge in [0.05, 0.1) is 12.3 Å². The third kappa shape index (κ3) is 2.75. The molecule has 0 aliphatic carbocycles. The van der Waals surface area contributed by atoms with Gasteiger partial charge in [0.15, 0.2) is 0 Å². The van der Waals surface area contributed by atoms with Crippen LogP contribution < -0.4 is 0 Å². The summed E-state index contributed by atoms with van der Waals surface area (Å²) in [6, 6.07) is 7.71. The van der Waals surface area contributed by atoms with Gasteiger partial charge in [0, 0.05) is 15.6 Å². The molecule has 1 N–H and O–H groups in total. The minimum Gasteiger partial charge on any atom is -0.390 e. The fourth-order valence-electron chi connectivity index (χ4n) is 1.46. The van der Waals surface area contributed by atoms with Crippen molar-refractivity contribution in [1.29, 1.82) is 0 Å². The van der Waals surface area contributed by atoms with Crippen molar-refractivity contribution in [2.24, 2.45) is 0 Å². The van der Waals surface area contributed by atoms with E-state index in [1.54, 1.807) is 18.2 Å². The Morgan fingerprint density at radius 1 is 1.12 bits per heavy atom. The lowest BCUT2D eigenvalue weighted by molar-refractivity contribution is 0.270. The molecule has 2 nitrogen and oxygen atoms in total. The van der Waals surface area contributed by atoms with Crippen molar-refractivity contribution in [3.05, 3.63) is 51.9 Å². The average Bonchev–Trinajstić information content (AvgIpc) is 2.28. The molecule has 1 aromatic carbocycles. The molecule has 0 spiro atoms. The van der Waals surface area contributed by atoms with E-state index in [0.717, 1.165) is 0 Å². The third-order valence-electron chi connectivity index (χ3n) is 2.23. The Kier molecular flexibility index (Phi) is 3.62. The zero-order valence-electron chi connectivity index (χ0n) is 8.62. The van der Waals surface area contributed by atoms with Crippen molar-refractivity contribution in [3.63, 3.8) is 0 Å². The maximum Gasteiger partial charge on any atom is 0.147 e. The minimum absolute atomic E-state index is 0.00130. The molecule has 17 heavy (non-hydrogen) atoms. The van der Waals surface area contributed by atoms with E-state index in [0.29, 0.717) is 21.3 Å². The number of halogens is 3. The number of pyridine rings is 1. The fraction of sp³-hybridized carbons (Fsp3) is 0.0833. The molecule has 2 rings (SSSR count). The summed E-state index contributed by atoms with van der Waals surface area (Å²) in [6.07, 6.45) is 0. The summed E-state index contributed by atoms with van der Waals surface area (Å²) >= 11 is 11.7. The maximum atomic E-state index is 13.2. The van der Waals surface area contributed by atoms with Gasteiger partial charge in [-0.05, 0) is 30.3 Å². The molecule has 0 aliphatic heterocycles. The van der Waals surface area contributed by atoms with E-state index >= 15 is 0 Å². The van der Waals surface area contributed by atoms with Crippen molar-refractivity contribution >= 4 is 23.2 Å². The van der Waals surface area contributed by atoms with Gasteiger partial charge in [-0.1, -0.05) is 23.2 Å². The number of aliphatic hydroxyl groups excluding tert-OH is 1. The lowest BCUT2D eigenvalue weighted by Crippen LogP contribution is -1.96. The Bertz CT molecular complexity index is 540. The summed E-state index contributed by atoms with van der Waals surface area (Å²) in [4.78, 5) is 4.00. The highest BCUT2D eigenvalue weighted by molar-refractivity contribution is 6.35. The van der Waals surface area contributed by atoms with E-state index in [1.807, 2.05) is 0 Å². The van der Waals surface area contributed by atoms with E-state index in [1.165, 1.54) is 12.1 Å². The summed E-state index contributed by atoms with van der Waals surface area (Å²) < 4.78 is 13.2. The number of hydrogen-bond acceptors (Lipinski definition) is 2. The third-order valence-corrected chi connectivity index (χ3v) is 2.66. The number of aromatic nitrogens is 1. The van der Waals surface area contributed by atoms with Crippen LogP contribution in [0, 0.1) is 5.82 Å². The largest absolute Gasteiger partial charge is 0.390 e. The van der Waals surface area contributed by atoms with Gasteiger partial charge in [0.2, 0.25) is 0 Å². The molecular formula is C12H8Cl2FNO. The summed E-state index contributed by atoms with van der Waals surface area (Å²) in [5.74, 6) is -0.538. The second-order valence-electron chi connectivity index (χ2n) is 3.44. The summed E-state index contributed by atoms with van der Waals surface area (Å²) in [7, 11) is 0. The summed E-state index contributed by atoms with van der Waals surface area (Å²) in [5.41, 5.74) is 1.19. The second-order valence-corrected chi connectivity index (χ2v) is 4.31. The van der Waals surface area contributed by atoms with E-state index in [2.05, 4.69) is 4.98 Å². The molecule has 2 aromatic rings. The SMILES string of the molecule is OCc1nc(-c2cc(Cl)cc(Cl)c2)ccc1F. The van der Waals surface area contributed by atoms with Crippen LogP contribution in [0.2, 0.25) is 10.0 Å². The lowest BCUT2D eigenvalue weighted by atomic mass is 10.1. The van der Waals surface area contributed by atoms with Crippen LogP contribution in [0.5, 0.6) is 0 Å². The molecule has 0 fully saturated rings. The molecule has 1 heterocycles. The molecule has 0 radical (unpaired) electrons. The first kappa shape index (κ1) is 12.3. The first-order valence-corrected chi connectivity index (χ1v) is 5.58.